The molecule has 1 saturated heterocycles. The molecule has 0 atom stereocenters. The first-order valence-electron chi connectivity index (χ1n) is 8.38. The van der Waals surface area contributed by atoms with Gasteiger partial charge in [-0.3, -0.25) is 9.69 Å². The van der Waals surface area contributed by atoms with Crippen LogP contribution in [0, 0.1) is 5.92 Å². The number of piperidine rings is 1. The highest BCUT2D eigenvalue weighted by Gasteiger charge is 2.20. The molecule has 0 radical (unpaired) electrons. The number of hydrogen-bond donors (Lipinski definition) is 1. The first kappa shape index (κ1) is 18.2. The summed E-state index contributed by atoms with van der Waals surface area (Å²) in [5.41, 5.74) is 1.19. The number of ether oxygens (including phenoxy) is 1. The normalized spacial score (nSPS) is 16.7. The molecular weight excluding hydrogens is 312 g/mol. The van der Waals surface area contributed by atoms with Crippen molar-refractivity contribution in [3.63, 3.8) is 0 Å². The van der Waals surface area contributed by atoms with Crippen LogP contribution in [0.3, 0.4) is 0 Å². The monoisotopic (exact) mass is 338 g/mol. The van der Waals surface area contributed by atoms with Crippen molar-refractivity contribution in [3.05, 3.63) is 34.9 Å². The Morgan fingerprint density at radius 1 is 1.35 bits per heavy atom. The molecule has 0 saturated carbocycles. The van der Waals surface area contributed by atoms with Crippen molar-refractivity contribution in [2.24, 2.45) is 5.92 Å². The maximum absolute atomic E-state index is 11.7. The zero-order chi connectivity index (χ0) is 16.7. The molecule has 1 N–H and O–H groups in total. The van der Waals surface area contributed by atoms with E-state index in [0.717, 1.165) is 44.0 Å². The van der Waals surface area contributed by atoms with Crippen molar-refractivity contribution in [1.82, 2.24) is 10.2 Å². The fraction of sp³-hybridized carbons (Fsp3) is 0.611. The van der Waals surface area contributed by atoms with Crippen LogP contribution in [0.4, 0.5) is 0 Å². The molecule has 1 heterocycles. The maximum atomic E-state index is 11.7. The van der Waals surface area contributed by atoms with Crippen molar-refractivity contribution in [2.45, 2.75) is 39.3 Å². The number of carbonyl (C=O) groups excluding carboxylic acids is 1. The fourth-order valence-electron chi connectivity index (χ4n) is 2.77. The number of halogens is 1. The lowest BCUT2D eigenvalue weighted by Gasteiger charge is -2.32. The lowest BCUT2D eigenvalue weighted by Crippen LogP contribution is -2.39. The molecule has 1 amide bonds. The standard InChI is InChI=1S/C18H27ClN2O2/c1-14(2)23-13-18(22)20-11-15-7-9-21(10-8-15)12-16-5-3-4-6-17(16)19/h3-6,14-15H,7-13H2,1-2H3,(H,20,22). The van der Waals surface area contributed by atoms with Gasteiger partial charge >= 0.3 is 0 Å². The third-order valence-corrected chi connectivity index (χ3v) is 4.56. The molecule has 2 rings (SSSR count). The molecule has 23 heavy (non-hydrogen) atoms. The average molecular weight is 339 g/mol. The Hall–Kier alpha value is -1.10. The van der Waals surface area contributed by atoms with E-state index in [1.807, 2.05) is 32.0 Å². The van der Waals surface area contributed by atoms with Gasteiger partial charge in [0.25, 0.3) is 0 Å². The third kappa shape index (κ3) is 6.50. The van der Waals surface area contributed by atoms with Crippen LogP contribution in [0.5, 0.6) is 0 Å². The van der Waals surface area contributed by atoms with Crippen molar-refractivity contribution in [3.8, 4) is 0 Å². The average Bonchev–Trinajstić information content (AvgIpc) is 2.54. The number of nitrogens with zero attached hydrogens (tertiary/aromatic N) is 1. The molecule has 1 aliphatic heterocycles. The Morgan fingerprint density at radius 2 is 2.04 bits per heavy atom. The summed E-state index contributed by atoms with van der Waals surface area (Å²) >= 11 is 6.22. The smallest absolute Gasteiger partial charge is 0.246 e. The lowest BCUT2D eigenvalue weighted by atomic mass is 9.96. The molecule has 0 aromatic heterocycles. The molecule has 1 aromatic carbocycles. The Bertz CT molecular complexity index is 500. The number of rotatable bonds is 7. The maximum Gasteiger partial charge on any atom is 0.246 e. The minimum absolute atomic E-state index is 0.0165. The van der Waals surface area contributed by atoms with Crippen LogP contribution in [-0.2, 0) is 16.1 Å². The minimum Gasteiger partial charge on any atom is -0.369 e. The van der Waals surface area contributed by atoms with Crippen molar-refractivity contribution in [1.29, 1.82) is 0 Å². The van der Waals surface area contributed by atoms with Crippen LogP contribution in [-0.4, -0.2) is 43.2 Å². The molecule has 0 bridgehead atoms. The quantitative estimate of drug-likeness (QED) is 0.830. The van der Waals surface area contributed by atoms with Crippen LogP contribution in [0.25, 0.3) is 0 Å². The first-order valence-corrected chi connectivity index (χ1v) is 8.76. The largest absolute Gasteiger partial charge is 0.369 e. The van der Waals surface area contributed by atoms with Gasteiger partial charge in [-0.2, -0.15) is 0 Å². The number of carbonyl (C=O) groups is 1. The predicted molar refractivity (Wildman–Crippen MR) is 93.6 cm³/mol. The van der Waals surface area contributed by atoms with Gasteiger partial charge in [0.05, 0.1) is 6.10 Å². The van der Waals surface area contributed by atoms with Gasteiger partial charge < -0.3 is 10.1 Å². The predicted octanol–water partition coefficient (Wildman–Crippen LogP) is 3.09. The van der Waals surface area contributed by atoms with Gasteiger partial charge in [0.1, 0.15) is 6.61 Å². The van der Waals surface area contributed by atoms with Crippen molar-refractivity contribution >= 4 is 17.5 Å². The summed E-state index contributed by atoms with van der Waals surface area (Å²) in [5, 5.41) is 3.82. The second-order valence-corrected chi connectivity index (χ2v) is 6.88. The second kappa shape index (κ2) is 9.26. The SMILES string of the molecule is CC(C)OCC(=O)NCC1CCN(Cc2ccccc2Cl)CC1. The lowest BCUT2D eigenvalue weighted by molar-refractivity contribution is -0.127. The van der Waals surface area contributed by atoms with E-state index in [0.29, 0.717) is 5.92 Å². The summed E-state index contributed by atoms with van der Waals surface area (Å²) in [6.45, 7) is 7.77. The number of benzene rings is 1. The fourth-order valence-corrected chi connectivity index (χ4v) is 2.96. The molecule has 0 spiro atoms. The van der Waals surface area contributed by atoms with E-state index >= 15 is 0 Å². The minimum atomic E-state index is -0.0165. The van der Waals surface area contributed by atoms with E-state index in [1.165, 1.54) is 5.56 Å². The molecule has 128 valence electrons. The Morgan fingerprint density at radius 3 is 2.70 bits per heavy atom. The highest BCUT2D eigenvalue weighted by Crippen LogP contribution is 2.21. The van der Waals surface area contributed by atoms with Gasteiger partial charge in [-0.25, -0.2) is 0 Å². The summed E-state index contributed by atoms with van der Waals surface area (Å²) in [6, 6.07) is 8.02. The highest BCUT2D eigenvalue weighted by molar-refractivity contribution is 6.31. The van der Waals surface area contributed by atoms with Gasteiger partial charge in [0.2, 0.25) is 5.91 Å². The summed E-state index contributed by atoms with van der Waals surface area (Å²) in [6.07, 6.45) is 2.31. The van der Waals surface area contributed by atoms with Gasteiger partial charge in [-0.05, 0) is 57.3 Å². The summed E-state index contributed by atoms with van der Waals surface area (Å²) in [7, 11) is 0. The van der Waals surface area contributed by atoms with Crippen LogP contribution in [0.2, 0.25) is 5.02 Å². The van der Waals surface area contributed by atoms with Crippen LogP contribution in [0.1, 0.15) is 32.3 Å². The van der Waals surface area contributed by atoms with Crippen LogP contribution < -0.4 is 5.32 Å². The number of hydrogen-bond acceptors (Lipinski definition) is 3. The topological polar surface area (TPSA) is 41.6 Å². The van der Waals surface area contributed by atoms with Crippen LogP contribution >= 0.6 is 11.6 Å². The zero-order valence-electron chi connectivity index (χ0n) is 14.1. The van der Waals surface area contributed by atoms with E-state index in [-0.39, 0.29) is 18.6 Å². The van der Waals surface area contributed by atoms with Gasteiger partial charge in [-0.15, -0.1) is 0 Å². The van der Waals surface area contributed by atoms with E-state index in [2.05, 4.69) is 16.3 Å². The Kier molecular flexibility index (Phi) is 7.34. The molecule has 1 aromatic rings. The van der Waals surface area contributed by atoms with E-state index < -0.39 is 0 Å². The number of likely N-dealkylation sites (tertiary alicyclic amines) is 1. The van der Waals surface area contributed by atoms with Gasteiger partial charge in [-0.1, -0.05) is 29.8 Å². The Balaban J connectivity index is 1.66. The number of amides is 1. The highest BCUT2D eigenvalue weighted by atomic mass is 35.5. The summed E-state index contributed by atoms with van der Waals surface area (Å²) in [4.78, 5) is 14.1. The van der Waals surface area contributed by atoms with Gasteiger partial charge in [0, 0.05) is 18.1 Å². The summed E-state index contributed by atoms with van der Waals surface area (Å²) in [5.74, 6) is 0.540. The first-order chi connectivity index (χ1) is 11.0. The molecule has 5 heteroatoms. The van der Waals surface area contributed by atoms with E-state index in [1.54, 1.807) is 0 Å². The number of nitrogens with one attached hydrogen (secondary N) is 1. The third-order valence-electron chi connectivity index (χ3n) is 4.19. The molecule has 4 nitrogen and oxygen atoms in total. The summed E-state index contributed by atoms with van der Waals surface area (Å²) < 4.78 is 5.31. The molecule has 1 fully saturated rings. The molecule has 1 aliphatic rings. The molecule has 0 aliphatic carbocycles. The molecular formula is C18H27ClN2O2. The van der Waals surface area contributed by atoms with Crippen LogP contribution in [0.15, 0.2) is 24.3 Å². The van der Waals surface area contributed by atoms with E-state index in [9.17, 15) is 4.79 Å². The second-order valence-electron chi connectivity index (χ2n) is 6.47. The van der Waals surface area contributed by atoms with E-state index in [4.69, 9.17) is 16.3 Å². The zero-order valence-corrected chi connectivity index (χ0v) is 14.8. The van der Waals surface area contributed by atoms with Gasteiger partial charge in [0.15, 0.2) is 0 Å². The Labute approximate surface area is 144 Å². The van der Waals surface area contributed by atoms with Crippen molar-refractivity contribution < 1.29 is 9.53 Å². The molecule has 0 unspecified atom stereocenters. The van der Waals surface area contributed by atoms with Crippen molar-refractivity contribution in [2.75, 3.05) is 26.2 Å².